The minimum absolute atomic E-state index is 0.0430. The monoisotopic (exact) mass is 270 g/mol. The molecule has 4 atom stereocenters. The molecule has 0 radical (unpaired) electrons. The fourth-order valence-electron chi connectivity index (χ4n) is 3.46. The summed E-state index contributed by atoms with van der Waals surface area (Å²) in [5, 5.41) is 0. The lowest BCUT2D eigenvalue weighted by Gasteiger charge is -2.38. The maximum atomic E-state index is 12.7. The van der Waals surface area contributed by atoms with Gasteiger partial charge in [0.25, 0.3) is 0 Å². The molecule has 1 aliphatic heterocycles. The molecule has 0 aromatic rings. The van der Waals surface area contributed by atoms with Crippen LogP contribution < -0.4 is 5.73 Å². The van der Waals surface area contributed by atoms with Crippen molar-refractivity contribution in [3.8, 4) is 0 Å². The number of methoxy groups -OCH3 is 2. The zero-order chi connectivity index (χ0) is 14.0. The first-order valence-corrected chi connectivity index (χ1v) is 7.14. The molecule has 1 heterocycles. The molecule has 2 aliphatic rings. The molecule has 0 aromatic carbocycles. The summed E-state index contributed by atoms with van der Waals surface area (Å²) in [4.78, 5) is 14.5. The number of carbonyl (C=O) groups is 1. The molecule has 5 heteroatoms. The Labute approximate surface area is 115 Å². The summed E-state index contributed by atoms with van der Waals surface area (Å²) >= 11 is 0. The summed E-state index contributed by atoms with van der Waals surface area (Å²) in [5.41, 5.74) is 5.69. The summed E-state index contributed by atoms with van der Waals surface area (Å²) in [6.45, 7) is 3.34. The highest BCUT2D eigenvalue weighted by molar-refractivity contribution is 5.86. The highest BCUT2D eigenvalue weighted by atomic mass is 16.5. The van der Waals surface area contributed by atoms with Crippen molar-refractivity contribution in [2.75, 3.05) is 27.3 Å². The minimum Gasteiger partial charge on any atom is -0.377 e. The second-order valence-electron chi connectivity index (χ2n) is 6.12. The highest BCUT2D eigenvalue weighted by Crippen LogP contribution is 2.33. The van der Waals surface area contributed by atoms with Gasteiger partial charge in [0.05, 0.1) is 5.54 Å². The smallest absolute Gasteiger partial charge is 0.242 e. The van der Waals surface area contributed by atoms with Crippen molar-refractivity contribution < 1.29 is 14.3 Å². The molecule has 1 aliphatic carbocycles. The first-order valence-electron chi connectivity index (χ1n) is 7.14. The lowest BCUT2D eigenvalue weighted by Crippen LogP contribution is -2.57. The van der Waals surface area contributed by atoms with Gasteiger partial charge in [-0.1, -0.05) is 19.8 Å². The maximum absolute atomic E-state index is 12.7. The van der Waals surface area contributed by atoms with Gasteiger partial charge in [0.1, 0.15) is 12.2 Å². The molecule has 0 bridgehead atoms. The van der Waals surface area contributed by atoms with Gasteiger partial charge in [0, 0.05) is 27.3 Å². The van der Waals surface area contributed by atoms with Crippen molar-refractivity contribution in [2.24, 2.45) is 11.7 Å². The molecular weight excluding hydrogens is 244 g/mol. The van der Waals surface area contributed by atoms with Gasteiger partial charge in [-0.05, 0) is 18.8 Å². The average Bonchev–Trinajstić information content (AvgIpc) is 2.80. The number of amides is 1. The first kappa shape index (κ1) is 14.8. The molecule has 0 spiro atoms. The average molecular weight is 270 g/mol. The van der Waals surface area contributed by atoms with Crippen molar-refractivity contribution in [2.45, 2.75) is 50.4 Å². The van der Waals surface area contributed by atoms with Crippen LogP contribution in [0.4, 0.5) is 0 Å². The second kappa shape index (κ2) is 5.77. The molecular formula is C14H26N2O3. The van der Waals surface area contributed by atoms with Crippen LogP contribution in [0.25, 0.3) is 0 Å². The van der Waals surface area contributed by atoms with E-state index < -0.39 is 5.54 Å². The largest absolute Gasteiger partial charge is 0.377 e. The van der Waals surface area contributed by atoms with Gasteiger partial charge in [0.15, 0.2) is 0 Å². The molecule has 1 saturated carbocycles. The van der Waals surface area contributed by atoms with Gasteiger partial charge in [-0.25, -0.2) is 0 Å². The fraction of sp³-hybridized carbons (Fsp3) is 0.929. The topological polar surface area (TPSA) is 64.8 Å². The van der Waals surface area contributed by atoms with E-state index in [0.717, 1.165) is 19.3 Å². The van der Waals surface area contributed by atoms with Crippen molar-refractivity contribution in [1.29, 1.82) is 0 Å². The number of hydrogen-bond donors (Lipinski definition) is 1. The number of ether oxygens (including phenoxy) is 2. The Morgan fingerprint density at radius 3 is 2.32 bits per heavy atom. The first-order chi connectivity index (χ1) is 9.00. The number of likely N-dealkylation sites (tertiary alicyclic amines) is 1. The van der Waals surface area contributed by atoms with E-state index in [1.54, 1.807) is 14.2 Å². The van der Waals surface area contributed by atoms with Crippen LogP contribution in [-0.2, 0) is 14.3 Å². The van der Waals surface area contributed by atoms with E-state index in [4.69, 9.17) is 15.2 Å². The van der Waals surface area contributed by atoms with Crippen LogP contribution in [0.1, 0.15) is 32.6 Å². The normalized spacial score (nSPS) is 39.6. The van der Waals surface area contributed by atoms with Gasteiger partial charge in [-0.3, -0.25) is 4.79 Å². The third-order valence-corrected chi connectivity index (χ3v) is 4.57. The number of rotatable bonds is 3. The fourth-order valence-corrected chi connectivity index (χ4v) is 3.46. The SMILES string of the molecule is COC1CN(C(=O)C2(N)CCCC(C)C2)CC1OC. The molecule has 1 saturated heterocycles. The van der Waals surface area contributed by atoms with Gasteiger partial charge in [0.2, 0.25) is 5.91 Å². The minimum atomic E-state index is -0.682. The number of nitrogens with two attached hydrogens (primary N) is 1. The maximum Gasteiger partial charge on any atom is 0.242 e. The second-order valence-corrected chi connectivity index (χ2v) is 6.12. The van der Waals surface area contributed by atoms with E-state index in [0.29, 0.717) is 19.0 Å². The van der Waals surface area contributed by atoms with Crippen molar-refractivity contribution in [1.82, 2.24) is 4.90 Å². The van der Waals surface area contributed by atoms with Gasteiger partial charge >= 0.3 is 0 Å². The van der Waals surface area contributed by atoms with Crippen LogP contribution in [0.3, 0.4) is 0 Å². The molecule has 0 aromatic heterocycles. The third-order valence-electron chi connectivity index (χ3n) is 4.57. The molecule has 4 unspecified atom stereocenters. The van der Waals surface area contributed by atoms with Gasteiger partial charge in [-0.2, -0.15) is 0 Å². The van der Waals surface area contributed by atoms with Crippen molar-refractivity contribution >= 4 is 5.91 Å². The van der Waals surface area contributed by atoms with Gasteiger partial charge < -0.3 is 20.1 Å². The standard InChI is InChI=1S/C14H26N2O3/c1-10-5-4-6-14(15,7-10)13(17)16-8-11(18-2)12(9-16)19-3/h10-12H,4-9,15H2,1-3H3. The van der Waals surface area contributed by atoms with Gasteiger partial charge in [-0.15, -0.1) is 0 Å². The van der Waals surface area contributed by atoms with Crippen molar-refractivity contribution in [3.63, 3.8) is 0 Å². The summed E-state index contributed by atoms with van der Waals surface area (Å²) < 4.78 is 10.8. The van der Waals surface area contributed by atoms with Crippen LogP contribution in [0.5, 0.6) is 0 Å². The van der Waals surface area contributed by atoms with Crippen molar-refractivity contribution in [3.05, 3.63) is 0 Å². The predicted molar refractivity (Wildman–Crippen MR) is 72.7 cm³/mol. The van der Waals surface area contributed by atoms with Crippen LogP contribution in [0.2, 0.25) is 0 Å². The van der Waals surface area contributed by atoms with E-state index in [1.165, 1.54) is 6.42 Å². The molecule has 19 heavy (non-hydrogen) atoms. The van der Waals surface area contributed by atoms with Crippen LogP contribution in [-0.4, -0.2) is 55.9 Å². The molecule has 2 rings (SSSR count). The zero-order valence-electron chi connectivity index (χ0n) is 12.2. The Kier molecular flexibility index (Phi) is 4.48. The van der Waals surface area contributed by atoms with E-state index in [-0.39, 0.29) is 18.1 Å². The van der Waals surface area contributed by atoms with Crippen LogP contribution >= 0.6 is 0 Å². The quantitative estimate of drug-likeness (QED) is 0.822. The predicted octanol–water partition coefficient (Wildman–Crippen LogP) is 0.766. The van der Waals surface area contributed by atoms with Crippen LogP contribution in [0.15, 0.2) is 0 Å². The lowest BCUT2D eigenvalue weighted by molar-refractivity contribution is -0.138. The Morgan fingerprint density at radius 1 is 1.26 bits per heavy atom. The van der Waals surface area contributed by atoms with E-state index in [2.05, 4.69) is 6.92 Å². The summed E-state index contributed by atoms with van der Waals surface area (Å²) in [6, 6.07) is 0. The zero-order valence-corrected chi connectivity index (χ0v) is 12.2. The Bertz CT molecular complexity index is 325. The van der Waals surface area contributed by atoms with E-state index >= 15 is 0 Å². The molecule has 1 amide bonds. The number of carbonyl (C=O) groups excluding carboxylic acids is 1. The highest BCUT2D eigenvalue weighted by Gasteiger charge is 2.44. The molecule has 2 fully saturated rings. The summed E-state index contributed by atoms with van der Waals surface area (Å²) in [5.74, 6) is 0.599. The Hall–Kier alpha value is -0.650. The number of nitrogens with zero attached hydrogens (tertiary/aromatic N) is 1. The lowest BCUT2D eigenvalue weighted by atomic mass is 9.76. The molecule has 110 valence electrons. The summed E-state index contributed by atoms with van der Waals surface area (Å²) in [6.07, 6.45) is 3.71. The third kappa shape index (κ3) is 2.93. The Balaban J connectivity index is 2.04. The van der Waals surface area contributed by atoms with E-state index in [9.17, 15) is 4.79 Å². The Morgan fingerprint density at radius 2 is 1.84 bits per heavy atom. The van der Waals surface area contributed by atoms with Crippen LogP contribution in [0, 0.1) is 5.92 Å². The van der Waals surface area contributed by atoms with E-state index in [1.807, 2.05) is 4.90 Å². The molecule has 2 N–H and O–H groups in total. The number of hydrogen-bond acceptors (Lipinski definition) is 4. The summed E-state index contributed by atoms with van der Waals surface area (Å²) in [7, 11) is 3.32. The molecule has 5 nitrogen and oxygen atoms in total.